The highest BCUT2D eigenvalue weighted by Gasteiger charge is 2.43. The van der Waals surface area contributed by atoms with Crippen LogP contribution < -0.4 is 5.73 Å². The lowest BCUT2D eigenvalue weighted by Gasteiger charge is -2.16. The van der Waals surface area contributed by atoms with Crippen LogP contribution in [0, 0.1) is 0 Å². The maximum atomic E-state index is 10.0. The molecule has 2 aromatic rings. The third-order valence-corrected chi connectivity index (χ3v) is 3.45. The van der Waals surface area contributed by atoms with Crippen LogP contribution >= 0.6 is 11.6 Å². The van der Waals surface area contributed by atoms with Crippen LogP contribution in [0.25, 0.3) is 11.2 Å². The average molecular weight is 287 g/mol. The Labute approximate surface area is 112 Å². The van der Waals surface area contributed by atoms with Crippen molar-refractivity contribution in [1.82, 2.24) is 19.5 Å². The predicted octanol–water partition coefficient (Wildman–Crippen LogP) is -0.734. The van der Waals surface area contributed by atoms with Crippen molar-refractivity contribution < 1.29 is 14.9 Å². The normalized spacial score (nSPS) is 31.1. The van der Waals surface area contributed by atoms with Gasteiger partial charge >= 0.3 is 0 Å². The van der Waals surface area contributed by atoms with Crippen LogP contribution in [0.1, 0.15) is 6.23 Å². The highest BCUT2D eigenvalue weighted by atomic mass is 35.5. The molecule has 8 nitrogen and oxygen atoms in total. The second-order valence-corrected chi connectivity index (χ2v) is 4.59. The van der Waals surface area contributed by atoms with E-state index < -0.39 is 24.5 Å². The molecule has 0 amide bonds. The molecule has 1 aliphatic rings. The fourth-order valence-corrected chi connectivity index (χ4v) is 2.40. The van der Waals surface area contributed by atoms with E-state index in [9.17, 15) is 10.2 Å². The number of imidazole rings is 1. The minimum atomic E-state index is -1.11. The highest BCUT2D eigenvalue weighted by Crippen LogP contribution is 2.32. The SMILES string of the molecule is Nc1ncnc2c1ncn2[C@@H]1O[C@H]([13CH2]Cl)[C@@H](O)[C@H]1O. The molecule has 0 bridgehead atoms. The van der Waals surface area contributed by atoms with E-state index in [2.05, 4.69) is 15.0 Å². The first-order valence-electron chi connectivity index (χ1n) is 5.64. The van der Waals surface area contributed by atoms with Crippen molar-refractivity contribution in [3.63, 3.8) is 0 Å². The van der Waals surface area contributed by atoms with Gasteiger partial charge in [-0.05, 0) is 0 Å². The summed E-state index contributed by atoms with van der Waals surface area (Å²) < 4.78 is 7.03. The van der Waals surface area contributed by atoms with Crippen LogP contribution in [0.3, 0.4) is 0 Å². The number of fused-ring (bicyclic) bond motifs is 1. The average Bonchev–Trinajstić information content (AvgIpc) is 2.94. The summed E-state index contributed by atoms with van der Waals surface area (Å²) in [6.07, 6.45) is -0.882. The molecule has 0 saturated carbocycles. The number of aromatic nitrogens is 4. The molecule has 0 radical (unpaired) electrons. The van der Waals surface area contributed by atoms with Gasteiger partial charge in [-0.15, -0.1) is 11.6 Å². The number of alkyl halides is 1. The largest absolute Gasteiger partial charge is 0.387 e. The van der Waals surface area contributed by atoms with Crippen molar-refractivity contribution in [3.8, 4) is 0 Å². The van der Waals surface area contributed by atoms with Crippen LogP contribution in [-0.2, 0) is 4.74 Å². The van der Waals surface area contributed by atoms with Crippen LogP contribution in [0.5, 0.6) is 0 Å². The summed E-state index contributed by atoms with van der Waals surface area (Å²) >= 11 is 5.67. The minimum Gasteiger partial charge on any atom is -0.387 e. The van der Waals surface area contributed by atoms with Gasteiger partial charge in [0, 0.05) is 0 Å². The maximum absolute atomic E-state index is 10.0. The van der Waals surface area contributed by atoms with E-state index in [1.54, 1.807) is 0 Å². The minimum absolute atomic E-state index is 0.0818. The Morgan fingerprint density at radius 3 is 2.79 bits per heavy atom. The lowest BCUT2D eigenvalue weighted by Crippen LogP contribution is -2.32. The first kappa shape index (κ1) is 12.5. The zero-order valence-electron chi connectivity index (χ0n) is 9.72. The first-order valence-corrected chi connectivity index (χ1v) is 6.17. The van der Waals surface area contributed by atoms with Crippen LogP contribution in [-0.4, -0.2) is 53.9 Å². The number of aliphatic hydroxyl groups is 2. The summed E-state index contributed by atoms with van der Waals surface area (Å²) in [6.45, 7) is 0. The number of nitrogens with zero attached hydrogens (tertiary/aromatic N) is 4. The smallest absolute Gasteiger partial charge is 0.167 e. The van der Waals surface area contributed by atoms with Gasteiger partial charge in [0.05, 0.1) is 12.2 Å². The Kier molecular flexibility index (Phi) is 3.02. The molecule has 1 aliphatic heterocycles. The molecule has 0 unspecified atom stereocenters. The molecule has 4 atom stereocenters. The second-order valence-electron chi connectivity index (χ2n) is 4.28. The zero-order chi connectivity index (χ0) is 13.6. The van der Waals surface area contributed by atoms with Gasteiger partial charge in [-0.25, -0.2) is 15.0 Å². The fourth-order valence-electron chi connectivity index (χ4n) is 2.14. The predicted molar refractivity (Wildman–Crippen MR) is 66.4 cm³/mol. The lowest BCUT2D eigenvalue weighted by molar-refractivity contribution is -0.0291. The number of rotatable bonds is 2. The summed E-state index contributed by atoms with van der Waals surface area (Å²) in [4.78, 5) is 12.0. The van der Waals surface area contributed by atoms with Gasteiger partial charge in [-0.1, -0.05) is 0 Å². The number of hydrogen-bond acceptors (Lipinski definition) is 7. The maximum Gasteiger partial charge on any atom is 0.167 e. The number of nitrogen functional groups attached to an aromatic ring is 1. The van der Waals surface area contributed by atoms with Gasteiger partial charge in [0.15, 0.2) is 17.7 Å². The Morgan fingerprint density at radius 1 is 1.32 bits per heavy atom. The van der Waals surface area contributed by atoms with Crippen molar-refractivity contribution in [2.75, 3.05) is 11.6 Å². The molecule has 2 aromatic heterocycles. The topological polar surface area (TPSA) is 119 Å². The van der Waals surface area contributed by atoms with Crippen molar-refractivity contribution in [1.29, 1.82) is 0 Å². The Hall–Kier alpha value is -1.48. The molecule has 3 rings (SSSR count). The van der Waals surface area contributed by atoms with Gasteiger partial charge in [0.1, 0.15) is 30.2 Å². The molecule has 9 heteroatoms. The zero-order valence-corrected chi connectivity index (χ0v) is 10.5. The lowest BCUT2D eigenvalue weighted by atomic mass is 10.2. The number of aliphatic hydroxyl groups excluding tert-OH is 2. The third-order valence-electron chi connectivity index (χ3n) is 3.15. The molecule has 3 heterocycles. The molecule has 4 N–H and O–H groups in total. The highest BCUT2D eigenvalue weighted by molar-refractivity contribution is 6.18. The van der Waals surface area contributed by atoms with E-state index >= 15 is 0 Å². The Bertz CT molecular complexity index is 606. The summed E-state index contributed by atoms with van der Waals surface area (Å²) in [5.41, 5.74) is 6.53. The van der Waals surface area contributed by atoms with Gasteiger partial charge in [-0.2, -0.15) is 0 Å². The Morgan fingerprint density at radius 2 is 2.11 bits per heavy atom. The molecule has 1 fully saturated rings. The molecule has 0 spiro atoms. The Balaban J connectivity index is 2.04. The van der Waals surface area contributed by atoms with E-state index in [4.69, 9.17) is 22.1 Å². The van der Waals surface area contributed by atoms with Gasteiger partial charge in [0.2, 0.25) is 0 Å². The van der Waals surface area contributed by atoms with Crippen molar-refractivity contribution >= 4 is 28.6 Å². The van der Waals surface area contributed by atoms with Crippen molar-refractivity contribution in [2.45, 2.75) is 24.5 Å². The van der Waals surface area contributed by atoms with Crippen molar-refractivity contribution in [3.05, 3.63) is 12.7 Å². The summed E-state index contributed by atoms with van der Waals surface area (Å²) in [6, 6.07) is 0. The number of nitrogens with two attached hydrogens (primary N) is 1. The standard InChI is InChI=1S/C10H12ClN5O3/c11-1-4-6(17)7(18)10(19-4)16-3-15-5-8(12)13-2-14-9(5)16/h2-4,6-7,10,17-18H,1H2,(H2,12,13,14)/t4-,6-,7-,10-/m1/s1/i1+1. The van der Waals surface area contributed by atoms with E-state index in [0.29, 0.717) is 11.2 Å². The molecular weight excluding hydrogens is 275 g/mol. The quantitative estimate of drug-likeness (QED) is 0.491. The third kappa shape index (κ3) is 1.84. The van der Waals surface area contributed by atoms with E-state index in [1.165, 1.54) is 17.2 Å². The van der Waals surface area contributed by atoms with Crippen LogP contribution in [0.2, 0.25) is 0 Å². The molecule has 0 aromatic carbocycles. The van der Waals surface area contributed by atoms with Gasteiger partial charge in [0.25, 0.3) is 0 Å². The summed E-state index contributed by atoms with van der Waals surface area (Å²) in [7, 11) is 0. The fraction of sp³-hybridized carbons (Fsp3) is 0.500. The first-order chi connectivity index (χ1) is 9.13. The van der Waals surface area contributed by atoms with E-state index in [1.807, 2.05) is 0 Å². The number of hydrogen-bond donors (Lipinski definition) is 3. The molecule has 19 heavy (non-hydrogen) atoms. The molecule has 102 valence electrons. The second kappa shape index (κ2) is 4.57. The monoisotopic (exact) mass is 286 g/mol. The molecule has 0 aliphatic carbocycles. The number of anilines is 1. The van der Waals surface area contributed by atoms with Crippen molar-refractivity contribution in [2.24, 2.45) is 0 Å². The summed E-state index contributed by atoms with van der Waals surface area (Å²) in [5, 5.41) is 19.8. The van der Waals surface area contributed by atoms with Gasteiger partial charge in [-0.3, -0.25) is 4.57 Å². The number of halogens is 1. The van der Waals surface area contributed by atoms with Crippen LogP contribution in [0.15, 0.2) is 12.7 Å². The summed E-state index contributed by atoms with van der Waals surface area (Å²) in [5.74, 6) is 0.323. The van der Waals surface area contributed by atoms with E-state index in [0.717, 1.165) is 0 Å². The number of ether oxygens (including phenoxy) is 1. The molecular formula is C10H12ClN5O3. The van der Waals surface area contributed by atoms with E-state index in [-0.39, 0.29) is 11.7 Å². The molecule has 1 saturated heterocycles. The van der Waals surface area contributed by atoms with Gasteiger partial charge < -0.3 is 20.7 Å². The van der Waals surface area contributed by atoms with Crippen LogP contribution in [0.4, 0.5) is 5.82 Å².